The van der Waals surface area contributed by atoms with Gasteiger partial charge in [0.15, 0.2) is 0 Å². The van der Waals surface area contributed by atoms with Crippen molar-refractivity contribution in [2.45, 2.75) is 13.8 Å². The maximum absolute atomic E-state index is 5.97. The second-order valence-corrected chi connectivity index (χ2v) is 5.81. The monoisotopic (exact) mass is 323 g/mol. The molecule has 0 spiro atoms. The zero-order chi connectivity index (χ0) is 16.2. The highest BCUT2D eigenvalue weighted by Crippen LogP contribution is 2.21. The Bertz CT molecular complexity index is 818. The Morgan fingerprint density at radius 2 is 1.70 bits per heavy atom. The van der Waals surface area contributed by atoms with E-state index in [0.29, 0.717) is 0 Å². The van der Waals surface area contributed by atoms with E-state index in [4.69, 9.17) is 11.6 Å². The maximum atomic E-state index is 5.97. The first-order valence-electron chi connectivity index (χ1n) is 7.44. The molecule has 0 atom stereocenters. The molecule has 2 aromatic carbocycles. The van der Waals surface area contributed by atoms with Gasteiger partial charge in [0.05, 0.1) is 11.9 Å². The quantitative estimate of drug-likeness (QED) is 0.519. The highest BCUT2D eigenvalue weighted by atomic mass is 35.5. The van der Waals surface area contributed by atoms with Gasteiger partial charge in [-0.25, -0.2) is 0 Å². The largest absolute Gasteiger partial charge is 0.318 e. The number of hydrogen-bond donors (Lipinski definition) is 1. The van der Waals surface area contributed by atoms with Crippen LogP contribution < -0.4 is 5.43 Å². The molecule has 0 amide bonds. The van der Waals surface area contributed by atoms with Crippen molar-refractivity contribution in [3.63, 3.8) is 0 Å². The number of halogens is 1. The minimum absolute atomic E-state index is 0.741. The molecule has 116 valence electrons. The third-order valence-corrected chi connectivity index (χ3v) is 3.98. The predicted octanol–water partition coefficient (Wildman–Crippen LogP) is 5.19. The second kappa shape index (κ2) is 6.71. The van der Waals surface area contributed by atoms with Gasteiger partial charge in [-0.2, -0.15) is 5.10 Å². The summed E-state index contributed by atoms with van der Waals surface area (Å²) >= 11 is 5.97. The lowest BCUT2D eigenvalue weighted by molar-refractivity contribution is 0.965. The van der Waals surface area contributed by atoms with Gasteiger partial charge >= 0.3 is 0 Å². The van der Waals surface area contributed by atoms with Crippen LogP contribution in [0.15, 0.2) is 65.8 Å². The molecule has 0 radical (unpaired) electrons. The fourth-order valence-corrected chi connectivity index (χ4v) is 2.72. The Morgan fingerprint density at radius 1 is 1.00 bits per heavy atom. The third kappa shape index (κ3) is 3.46. The molecule has 0 fully saturated rings. The number of hydrazone groups is 1. The number of aryl methyl sites for hydroxylation is 1. The Morgan fingerprint density at radius 3 is 2.39 bits per heavy atom. The minimum Gasteiger partial charge on any atom is -0.318 e. The van der Waals surface area contributed by atoms with Crippen LogP contribution in [-0.4, -0.2) is 10.8 Å². The summed E-state index contributed by atoms with van der Waals surface area (Å²) in [5, 5.41) is 5.07. The van der Waals surface area contributed by atoms with Crippen molar-refractivity contribution in [2.75, 3.05) is 5.43 Å². The van der Waals surface area contributed by atoms with Crippen LogP contribution >= 0.6 is 11.6 Å². The lowest BCUT2D eigenvalue weighted by atomic mass is 10.2. The highest BCUT2D eigenvalue weighted by molar-refractivity contribution is 6.30. The van der Waals surface area contributed by atoms with Crippen LogP contribution in [-0.2, 0) is 0 Å². The summed E-state index contributed by atoms with van der Waals surface area (Å²) in [5.41, 5.74) is 8.49. The summed E-state index contributed by atoms with van der Waals surface area (Å²) in [6.07, 6.45) is 1.85. The van der Waals surface area contributed by atoms with Crippen LogP contribution in [0.2, 0.25) is 5.02 Å². The molecule has 1 heterocycles. The van der Waals surface area contributed by atoms with Crippen molar-refractivity contribution < 1.29 is 0 Å². The second-order valence-electron chi connectivity index (χ2n) is 5.37. The molecule has 0 saturated heterocycles. The zero-order valence-corrected chi connectivity index (χ0v) is 13.9. The van der Waals surface area contributed by atoms with E-state index in [1.165, 1.54) is 0 Å². The molecule has 3 aromatic rings. The predicted molar refractivity (Wildman–Crippen MR) is 97.9 cm³/mol. The molecular weight excluding hydrogens is 306 g/mol. The van der Waals surface area contributed by atoms with Crippen molar-refractivity contribution in [3.8, 4) is 5.69 Å². The maximum Gasteiger partial charge on any atom is 0.0562 e. The number of para-hydroxylation sites is 1. The SMILES string of the molecule is Cc1cc(/C=N\Nc2ccccc2)c(C)n1-c1ccc(Cl)cc1. The average Bonchev–Trinajstić information content (AvgIpc) is 2.84. The van der Waals surface area contributed by atoms with Crippen molar-refractivity contribution in [1.82, 2.24) is 4.57 Å². The van der Waals surface area contributed by atoms with E-state index >= 15 is 0 Å². The number of nitrogens with one attached hydrogen (secondary N) is 1. The highest BCUT2D eigenvalue weighted by Gasteiger charge is 2.09. The van der Waals surface area contributed by atoms with Crippen LogP contribution in [0.25, 0.3) is 5.69 Å². The molecular formula is C19H18ClN3. The standard InChI is InChI=1S/C19H18ClN3/c1-14-12-16(13-21-22-18-6-4-3-5-7-18)15(2)23(14)19-10-8-17(20)9-11-19/h3-13,22H,1-2H3/b21-13-. The first kappa shape index (κ1) is 15.4. The van der Waals surface area contributed by atoms with E-state index < -0.39 is 0 Å². The molecule has 1 N–H and O–H groups in total. The first-order chi connectivity index (χ1) is 11.1. The van der Waals surface area contributed by atoms with Crippen LogP contribution in [0.4, 0.5) is 5.69 Å². The molecule has 0 bridgehead atoms. The zero-order valence-electron chi connectivity index (χ0n) is 13.1. The Hall–Kier alpha value is -2.52. The molecule has 0 aliphatic heterocycles. The van der Waals surface area contributed by atoms with Crippen LogP contribution in [0, 0.1) is 13.8 Å². The third-order valence-electron chi connectivity index (χ3n) is 3.73. The van der Waals surface area contributed by atoms with Gasteiger partial charge in [0.1, 0.15) is 0 Å². The summed E-state index contributed by atoms with van der Waals surface area (Å²) < 4.78 is 2.19. The van der Waals surface area contributed by atoms with Crippen LogP contribution in [0.3, 0.4) is 0 Å². The Balaban J connectivity index is 1.84. The molecule has 23 heavy (non-hydrogen) atoms. The van der Waals surface area contributed by atoms with Gasteiger partial charge in [-0.05, 0) is 56.3 Å². The van der Waals surface area contributed by atoms with E-state index in [9.17, 15) is 0 Å². The van der Waals surface area contributed by atoms with Gasteiger partial charge in [-0.3, -0.25) is 5.43 Å². The molecule has 4 heteroatoms. The fourth-order valence-electron chi connectivity index (χ4n) is 2.59. The molecule has 0 unspecified atom stereocenters. The summed E-state index contributed by atoms with van der Waals surface area (Å²) in [4.78, 5) is 0. The first-order valence-corrected chi connectivity index (χ1v) is 7.82. The van der Waals surface area contributed by atoms with Gasteiger partial charge in [0, 0.05) is 27.7 Å². The van der Waals surface area contributed by atoms with Gasteiger partial charge in [-0.1, -0.05) is 29.8 Å². The molecule has 1 aromatic heterocycles. The Kier molecular flexibility index (Phi) is 4.49. The van der Waals surface area contributed by atoms with Crippen molar-refractivity contribution >= 4 is 23.5 Å². The summed E-state index contributed by atoms with van der Waals surface area (Å²) in [5.74, 6) is 0. The van der Waals surface area contributed by atoms with Crippen LogP contribution in [0.1, 0.15) is 17.0 Å². The van der Waals surface area contributed by atoms with E-state index in [1.54, 1.807) is 0 Å². The lowest BCUT2D eigenvalue weighted by Crippen LogP contribution is -1.99. The number of benzene rings is 2. The molecule has 0 aliphatic carbocycles. The van der Waals surface area contributed by atoms with Crippen LogP contribution in [0.5, 0.6) is 0 Å². The van der Waals surface area contributed by atoms with Gasteiger partial charge in [-0.15, -0.1) is 0 Å². The summed E-state index contributed by atoms with van der Waals surface area (Å²) in [7, 11) is 0. The number of rotatable bonds is 4. The average molecular weight is 324 g/mol. The smallest absolute Gasteiger partial charge is 0.0562 e. The van der Waals surface area contributed by atoms with E-state index in [1.807, 2.05) is 60.8 Å². The summed E-state index contributed by atoms with van der Waals surface area (Å²) in [6, 6.07) is 19.9. The van der Waals surface area contributed by atoms with Gasteiger partial charge in [0.2, 0.25) is 0 Å². The molecule has 3 rings (SSSR count). The van der Waals surface area contributed by atoms with Gasteiger partial charge in [0.25, 0.3) is 0 Å². The van der Waals surface area contributed by atoms with Crippen molar-refractivity contribution in [1.29, 1.82) is 0 Å². The molecule has 3 nitrogen and oxygen atoms in total. The number of anilines is 1. The fraction of sp³-hybridized carbons (Fsp3) is 0.105. The van der Waals surface area contributed by atoms with E-state index in [-0.39, 0.29) is 0 Å². The van der Waals surface area contributed by atoms with E-state index in [2.05, 4.69) is 35.0 Å². The van der Waals surface area contributed by atoms with Crippen molar-refractivity contribution in [2.24, 2.45) is 5.10 Å². The summed E-state index contributed by atoms with van der Waals surface area (Å²) in [6.45, 7) is 4.18. The molecule has 0 saturated carbocycles. The number of nitrogens with zero attached hydrogens (tertiary/aromatic N) is 2. The van der Waals surface area contributed by atoms with Crippen molar-refractivity contribution in [3.05, 3.63) is 82.6 Å². The number of aromatic nitrogens is 1. The molecule has 0 aliphatic rings. The lowest BCUT2D eigenvalue weighted by Gasteiger charge is -2.09. The number of hydrogen-bond acceptors (Lipinski definition) is 2. The topological polar surface area (TPSA) is 29.3 Å². The van der Waals surface area contributed by atoms with Gasteiger partial charge < -0.3 is 4.57 Å². The van der Waals surface area contributed by atoms with E-state index in [0.717, 1.165) is 33.3 Å². The Labute approximate surface area is 141 Å². The minimum atomic E-state index is 0.741. The normalized spacial score (nSPS) is 11.1.